The highest BCUT2D eigenvalue weighted by molar-refractivity contribution is 9.10. The molecule has 0 spiro atoms. The SMILES string of the molecule is CC(C)(N)C(=O)Nc1ccc(F)cc1Br. The molecule has 0 aliphatic rings. The standard InChI is InChI=1S/C10H12BrFN2O/c1-10(2,13)9(15)14-8-4-3-6(12)5-7(8)11/h3-5H,13H2,1-2H3,(H,14,15). The van der Waals surface area contributed by atoms with Crippen LogP contribution in [-0.2, 0) is 4.79 Å². The molecule has 3 N–H and O–H groups in total. The van der Waals surface area contributed by atoms with E-state index in [-0.39, 0.29) is 11.7 Å². The van der Waals surface area contributed by atoms with E-state index in [0.29, 0.717) is 10.2 Å². The van der Waals surface area contributed by atoms with Crippen LogP contribution in [0.1, 0.15) is 13.8 Å². The molecule has 0 radical (unpaired) electrons. The van der Waals surface area contributed by atoms with Gasteiger partial charge in [-0.05, 0) is 48.0 Å². The molecule has 0 aliphatic carbocycles. The summed E-state index contributed by atoms with van der Waals surface area (Å²) in [6, 6.07) is 4.02. The monoisotopic (exact) mass is 274 g/mol. The van der Waals surface area contributed by atoms with Crippen LogP contribution < -0.4 is 11.1 Å². The number of hydrogen-bond donors (Lipinski definition) is 2. The zero-order valence-corrected chi connectivity index (χ0v) is 10.1. The Hall–Kier alpha value is -0.940. The van der Waals surface area contributed by atoms with Crippen molar-refractivity contribution in [3.63, 3.8) is 0 Å². The first-order valence-corrected chi connectivity index (χ1v) is 5.15. The lowest BCUT2D eigenvalue weighted by molar-refractivity contribution is -0.120. The molecule has 0 unspecified atom stereocenters. The maximum atomic E-state index is 12.8. The molecule has 0 bridgehead atoms. The van der Waals surface area contributed by atoms with Gasteiger partial charge in [0.1, 0.15) is 5.82 Å². The lowest BCUT2D eigenvalue weighted by atomic mass is 10.1. The number of carbonyl (C=O) groups is 1. The molecule has 0 atom stereocenters. The van der Waals surface area contributed by atoms with Gasteiger partial charge < -0.3 is 11.1 Å². The second-order valence-electron chi connectivity index (χ2n) is 3.80. The number of anilines is 1. The van der Waals surface area contributed by atoms with Crippen LogP contribution in [0.15, 0.2) is 22.7 Å². The van der Waals surface area contributed by atoms with E-state index in [1.807, 2.05) is 0 Å². The molecule has 82 valence electrons. The van der Waals surface area contributed by atoms with Gasteiger partial charge in [-0.2, -0.15) is 0 Å². The Balaban J connectivity index is 2.87. The first-order chi connectivity index (χ1) is 6.80. The summed E-state index contributed by atoms with van der Waals surface area (Å²) in [5.74, 6) is -0.693. The van der Waals surface area contributed by atoms with Crippen LogP contribution in [0.2, 0.25) is 0 Å². The van der Waals surface area contributed by atoms with Gasteiger partial charge >= 0.3 is 0 Å². The molecule has 1 aromatic carbocycles. The smallest absolute Gasteiger partial charge is 0.243 e. The quantitative estimate of drug-likeness (QED) is 0.869. The van der Waals surface area contributed by atoms with Gasteiger partial charge in [0.25, 0.3) is 0 Å². The summed E-state index contributed by atoms with van der Waals surface area (Å²) >= 11 is 3.15. The maximum Gasteiger partial charge on any atom is 0.243 e. The van der Waals surface area contributed by atoms with Crippen molar-refractivity contribution in [2.24, 2.45) is 5.73 Å². The Morgan fingerprint density at radius 2 is 2.13 bits per heavy atom. The lowest BCUT2D eigenvalue weighted by Crippen LogP contribution is -2.45. The predicted octanol–water partition coefficient (Wildman–Crippen LogP) is 2.26. The summed E-state index contributed by atoms with van der Waals surface area (Å²) in [6.45, 7) is 3.19. The van der Waals surface area contributed by atoms with Crippen LogP contribution in [0.3, 0.4) is 0 Å². The summed E-state index contributed by atoms with van der Waals surface area (Å²) in [5.41, 5.74) is 5.14. The minimum absolute atomic E-state index is 0.324. The van der Waals surface area contributed by atoms with Crippen molar-refractivity contribution < 1.29 is 9.18 Å². The fourth-order valence-corrected chi connectivity index (χ4v) is 1.32. The highest BCUT2D eigenvalue weighted by Crippen LogP contribution is 2.23. The van der Waals surface area contributed by atoms with E-state index in [4.69, 9.17) is 5.73 Å². The number of carbonyl (C=O) groups excluding carboxylic acids is 1. The minimum Gasteiger partial charge on any atom is -0.323 e. The first kappa shape index (κ1) is 12.1. The normalized spacial score (nSPS) is 11.3. The van der Waals surface area contributed by atoms with E-state index in [1.165, 1.54) is 18.2 Å². The molecule has 0 aromatic heterocycles. The Kier molecular flexibility index (Phi) is 3.46. The summed E-state index contributed by atoms with van der Waals surface area (Å²) < 4.78 is 13.2. The molecule has 3 nitrogen and oxygen atoms in total. The number of benzene rings is 1. The molecule has 1 aromatic rings. The van der Waals surface area contributed by atoms with Gasteiger partial charge in [-0.25, -0.2) is 4.39 Å². The van der Waals surface area contributed by atoms with Crippen LogP contribution >= 0.6 is 15.9 Å². The largest absolute Gasteiger partial charge is 0.323 e. The van der Waals surface area contributed by atoms with Crippen molar-refractivity contribution >= 4 is 27.5 Å². The van der Waals surface area contributed by atoms with Gasteiger partial charge in [0, 0.05) is 4.47 Å². The molecule has 1 rings (SSSR count). The van der Waals surface area contributed by atoms with Crippen molar-refractivity contribution in [2.45, 2.75) is 19.4 Å². The van der Waals surface area contributed by atoms with Crippen molar-refractivity contribution in [2.75, 3.05) is 5.32 Å². The zero-order chi connectivity index (χ0) is 11.6. The minimum atomic E-state index is -0.964. The molecule has 5 heteroatoms. The van der Waals surface area contributed by atoms with Gasteiger partial charge in [-0.15, -0.1) is 0 Å². The van der Waals surface area contributed by atoms with Crippen molar-refractivity contribution in [3.05, 3.63) is 28.5 Å². The van der Waals surface area contributed by atoms with Crippen LogP contribution in [0.5, 0.6) is 0 Å². The van der Waals surface area contributed by atoms with Crippen molar-refractivity contribution in [3.8, 4) is 0 Å². The molecular weight excluding hydrogens is 263 g/mol. The summed E-state index contributed by atoms with van der Waals surface area (Å²) in [6.07, 6.45) is 0. The van der Waals surface area contributed by atoms with Gasteiger partial charge in [-0.3, -0.25) is 4.79 Å². The van der Waals surface area contributed by atoms with Gasteiger partial charge in [0.05, 0.1) is 11.2 Å². The predicted molar refractivity (Wildman–Crippen MR) is 61.0 cm³/mol. The van der Waals surface area contributed by atoms with Gasteiger partial charge in [0.15, 0.2) is 0 Å². The highest BCUT2D eigenvalue weighted by Gasteiger charge is 2.22. The zero-order valence-electron chi connectivity index (χ0n) is 8.47. The first-order valence-electron chi connectivity index (χ1n) is 4.36. The highest BCUT2D eigenvalue weighted by atomic mass is 79.9. The molecule has 1 amide bonds. The molecular formula is C10H12BrFN2O. The number of amides is 1. The van der Waals surface area contributed by atoms with E-state index < -0.39 is 5.54 Å². The average molecular weight is 275 g/mol. The van der Waals surface area contributed by atoms with Crippen LogP contribution in [0.4, 0.5) is 10.1 Å². The van der Waals surface area contributed by atoms with Crippen molar-refractivity contribution in [1.82, 2.24) is 0 Å². The Bertz CT molecular complexity index is 387. The van der Waals surface area contributed by atoms with E-state index in [2.05, 4.69) is 21.2 Å². The second-order valence-corrected chi connectivity index (χ2v) is 4.65. The topological polar surface area (TPSA) is 55.1 Å². The molecule has 0 saturated heterocycles. The number of halogens is 2. The van der Waals surface area contributed by atoms with Crippen LogP contribution in [-0.4, -0.2) is 11.4 Å². The summed E-state index contributed by atoms with van der Waals surface area (Å²) in [5, 5.41) is 2.60. The van der Waals surface area contributed by atoms with E-state index >= 15 is 0 Å². The lowest BCUT2D eigenvalue weighted by Gasteiger charge is -2.18. The number of nitrogens with two attached hydrogens (primary N) is 1. The average Bonchev–Trinajstić information content (AvgIpc) is 2.08. The molecule has 0 fully saturated rings. The fraction of sp³-hybridized carbons (Fsp3) is 0.300. The Labute approximate surface area is 96.0 Å². The third kappa shape index (κ3) is 3.28. The third-order valence-electron chi connectivity index (χ3n) is 1.76. The molecule has 0 aliphatic heterocycles. The molecule has 15 heavy (non-hydrogen) atoms. The van der Waals surface area contributed by atoms with Crippen LogP contribution in [0.25, 0.3) is 0 Å². The molecule has 0 heterocycles. The van der Waals surface area contributed by atoms with E-state index in [0.717, 1.165) is 0 Å². The third-order valence-corrected chi connectivity index (χ3v) is 2.42. The number of nitrogens with one attached hydrogen (secondary N) is 1. The van der Waals surface area contributed by atoms with E-state index in [9.17, 15) is 9.18 Å². The van der Waals surface area contributed by atoms with Crippen LogP contribution in [0, 0.1) is 5.82 Å². The Morgan fingerprint density at radius 3 is 2.60 bits per heavy atom. The fourth-order valence-electron chi connectivity index (χ4n) is 0.874. The summed E-state index contributed by atoms with van der Waals surface area (Å²) in [4.78, 5) is 11.5. The van der Waals surface area contributed by atoms with E-state index in [1.54, 1.807) is 13.8 Å². The molecule has 0 saturated carbocycles. The van der Waals surface area contributed by atoms with Gasteiger partial charge in [0.2, 0.25) is 5.91 Å². The Morgan fingerprint density at radius 1 is 1.53 bits per heavy atom. The van der Waals surface area contributed by atoms with Crippen molar-refractivity contribution in [1.29, 1.82) is 0 Å². The second kappa shape index (κ2) is 4.28. The number of hydrogen-bond acceptors (Lipinski definition) is 2. The van der Waals surface area contributed by atoms with Gasteiger partial charge in [-0.1, -0.05) is 0 Å². The number of rotatable bonds is 2. The summed E-state index contributed by atoms with van der Waals surface area (Å²) in [7, 11) is 0. The maximum absolute atomic E-state index is 12.8.